The highest BCUT2D eigenvalue weighted by Gasteiger charge is 2.39. The van der Waals surface area contributed by atoms with Crippen LogP contribution >= 0.6 is 0 Å². The molecule has 0 bridgehead atoms. The lowest BCUT2D eigenvalue weighted by atomic mass is 10.1. The van der Waals surface area contributed by atoms with E-state index in [2.05, 4.69) is 5.32 Å². The van der Waals surface area contributed by atoms with E-state index < -0.39 is 22.1 Å². The van der Waals surface area contributed by atoms with E-state index in [-0.39, 0.29) is 17.5 Å². The summed E-state index contributed by atoms with van der Waals surface area (Å²) in [5.41, 5.74) is 0.982. The number of piperazine rings is 1. The second kappa shape index (κ2) is 9.17. The van der Waals surface area contributed by atoms with E-state index in [4.69, 9.17) is 0 Å². The summed E-state index contributed by atoms with van der Waals surface area (Å²) in [6.07, 6.45) is 0.444. The van der Waals surface area contributed by atoms with Gasteiger partial charge in [-0.2, -0.15) is 4.31 Å². The fraction of sp³-hybridized carbons (Fsp3) is 0.280. The molecule has 3 aromatic carbocycles. The van der Waals surface area contributed by atoms with Gasteiger partial charge in [-0.3, -0.25) is 9.69 Å². The Balaban J connectivity index is 1.20. The fourth-order valence-corrected chi connectivity index (χ4v) is 5.95. The molecule has 0 spiro atoms. The van der Waals surface area contributed by atoms with Gasteiger partial charge in [0.15, 0.2) is 0 Å². The molecule has 2 saturated heterocycles. The first-order chi connectivity index (χ1) is 16.4. The van der Waals surface area contributed by atoms with Gasteiger partial charge in [-0.05, 0) is 28.5 Å². The standard InChI is InChI=1S/C25H26N4O4S/c30-24-23(16-19-6-2-1-3-7-19)26-25(31)29(24)18-27-12-14-28(15-13-27)34(32,33)22-11-10-20-8-4-5-9-21(20)17-22/h1-11,17,23H,12-16,18H2,(H,26,31). The van der Waals surface area contributed by atoms with Gasteiger partial charge in [-0.25, -0.2) is 18.1 Å². The predicted molar refractivity (Wildman–Crippen MR) is 128 cm³/mol. The van der Waals surface area contributed by atoms with Crippen molar-refractivity contribution in [2.45, 2.75) is 17.4 Å². The third kappa shape index (κ3) is 4.42. The summed E-state index contributed by atoms with van der Waals surface area (Å²) in [4.78, 5) is 28.7. The van der Waals surface area contributed by atoms with Crippen molar-refractivity contribution in [3.63, 3.8) is 0 Å². The van der Waals surface area contributed by atoms with E-state index in [0.29, 0.717) is 32.6 Å². The summed E-state index contributed by atoms with van der Waals surface area (Å²) < 4.78 is 27.8. The number of sulfonamides is 1. The molecule has 0 saturated carbocycles. The van der Waals surface area contributed by atoms with Gasteiger partial charge in [0, 0.05) is 32.6 Å². The minimum atomic E-state index is -3.62. The number of amides is 3. The fourth-order valence-electron chi connectivity index (χ4n) is 4.49. The zero-order valence-corrected chi connectivity index (χ0v) is 19.4. The summed E-state index contributed by atoms with van der Waals surface area (Å²) in [6, 6.07) is 21.4. The topological polar surface area (TPSA) is 90.0 Å². The van der Waals surface area contributed by atoms with Gasteiger partial charge in [0.05, 0.1) is 11.6 Å². The molecule has 0 radical (unpaired) electrons. The SMILES string of the molecule is O=C1NC(Cc2ccccc2)C(=O)N1CN1CCN(S(=O)(=O)c2ccc3ccccc3c2)CC1. The average Bonchev–Trinajstić information content (AvgIpc) is 3.12. The van der Waals surface area contributed by atoms with Crippen LogP contribution in [0.2, 0.25) is 0 Å². The maximum Gasteiger partial charge on any atom is 0.325 e. The number of imide groups is 1. The van der Waals surface area contributed by atoms with Crippen molar-refractivity contribution in [3.05, 3.63) is 78.4 Å². The van der Waals surface area contributed by atoms with Gasteiger partial charge in [-0.15, -0.1) is 0 Å². The van der Waals surface area contributed by atoms with Crippen LogP contribution in [0.5, 0.6) is 0 Å². The largest absolute Gasteiger partial charge is 0.325 e. The lowest BCUT2D eigenvalue weighted by Gasteiger charge is -2.35. The molecule has 0 aromatic heterocycles. The van der Waals surface area contributed by atoms with E-state index >= 15 is 0 Å². The minimum Gasteiger partial charge on any atom is -0.325 e. The van der Waals surface area contributed by atoms with Gasteiger partial charge in [-0.1, -0.05) is 60.7 Å². The first-order valence-corrected chi connectivity index (χ1v) is 12.7. The Morgan fingerprint density at radius 3 is 2.24 bits per heavy atom. The van der Waals surface area contributed by atoms with Crippen molar-refractivity contribution in [2.24, 2.45) is 0 Å². The number of benzene rings is 3. The van der Waals surface area contributed by atoms with Crippen molar-refractivity contribution in [2.75, 3.05) is 32.8 Å². The van der Waals surface area contributed by atoms with E-state index in [1.54, 1.807) is 12.1 Å². The molecule has 2 fully saturated rings. The Kier molecular flexibility index (Phi) is 6.07. The Morgan fingerprint density at radius 1 is 0.824 bits per heavy atom. The first-order valence-electron chi connectivity index (χ1n) is 11.3. The number of nitrogens with one attached hydrogen (secondary N) is 1. The van der Waals surface area contributed by atoms with Crippen molar-refractivity contribution >= 4 is 32.7 Å². The van der Waals surface area contributed by atoms with Crippen LogP contribution < -0.4 is 5.32 Å². The van der Waals surface area contributed by atoms with Crippen molar-refractivity contribution in [1.82, 2.24) is 19.4 Å². The molecule has 3 aromatic rings. The lowest BCUT2D eigenvalue weighted by Crippen LogP contribution is -2.52. The number of rotatable bonds is 6. The number of hydrogen-bond acceptors (Lipinski definition) is 5. The zero-order chi connectivity index (χ0) is 23.7. The maximum atomic E-state index is 13.2. The number of hydrogen-bond donors (Lipinski definition) is 1. The van der Waals surface area contributed by atoms with Crippen LogP contribution in [0.3, 0.4) is 0 Å². The monoisotopic (exact) mass is 478 g/mol. The van der Waals surface area contributed by atoms with Crippen molar-refractivity contribution in [3.8, 4) is 0 Å². The van der Waals surface area contributed by atoms with Gasteiger partial charge < -0.3 is 5.32 Å². The summed E-state index contributed by atoms with van der Waals surface area (Å²) in [7, 11) is -3.62. The van der Waals surface area contributed by atoms with Crippen LogP contribution in [0, 0.1) is 0 Å². The van der Waals surface area contributed by atoms with Gasteiger partial charge in [0.25, 0.3) is 5.91 Å². The molecule has 34 heavy (non-hydrogen) atoms. The molecule has 0 aliphatic carbocycles. The number of carbonyl (C=O) groups excluding carboxylic acids is 2. The lowest BCUT2D eigenvalue weighted by molar-refractivity contribution is -0.129. The summed E-state index contributed by atoms with van der Waals surface area (Å²) in [5, 5.41) is 4.64. The quantitative estimate of drug-likeness (QED) is 0.549. The Hall–Kier alpha value is -3.27. The molecule has 1 unspecified atom stereocenters. The van der Waals surface area contributed by atoms with E-state index in [0.717, 1.165) is 16.3 Å². The molecule has 176 valence electrons. The molecule has 5 rings (SSSR count). The molecule has 9 heteroatoms. The maximum absolute atomic E-state index is 13.2. The Bertz CT molecular complexity index is 1320. The summed E-state index contributed by atoms with van der Waals surface area (Å²) >= 11 is 0. The molecular weight excluding hydrogens is 452 g/mol. The van der Waals surface area contributed by atoms with Crippen LogP contribution in [0.4, 0.5) is 4.79 Å². The number of carbonyl (C=O) groups is 2. The first kappa shape index (κ1) is 22.5. The van der Waals surface area contributed by atoms with E-state index in [9.17, 15) is 18.0 Å². The van der Waals surface area contributed by atoms with E-state index in [1.807, 2.05) is 65.6 Å². The van der Waals surface area contributed by atoms with Crippen LogP contribution in [0.15, 0.2) is 77.7 Å². The molecule has 2 heterocycles. The molecule has 8 nitrogen and oxygen atoms in total. The van der Waals surface area contributed by atoms with Gasteiger partial charge in [0.1, 0.15) is 6.04 Å². The minimum absolute atomic E-state index is 0.153. The highest BCUT2D eigenvalue weighted by Crippen LogP contribution is 2.23. The normalized spacial score (nSPS) is 20.1. The Labute approximate surface area is 198 Å². The second-order valence-electron chi connectivity index (χ2n) is 8.63. The molecule has 3 amide bonds. The molecule has 2 aliphatic rings. The highest BCUT2D eigenvalue weighted by molar-refractivity contribution is 7.89. The molecule has 1 atom stereocenters. The number of urea groups is 1. The van der Waals surface area contributed by atoms with Crippen LogP contribution in [-0.2, 0) is 21.2 Å². The van der Waals surface area contributed by atoms with Crippen LogP contribution in [-0.4, -0.2) is 73.4 Å². The predicted octanol–water partition coefficient (Wildman–Crippen LogP) is 2.27. The van der Waals surface area contributed by atoms with Crippen molar-refractivity contribution in [1.29, 1.82) is 0 Å². The number of fused-ring (bicyclic) bond motifs is 1. The third-order valence-corrected chi connectivity index (χ3v) is 8.32. The summed E-state index contributed by atoms with van der Waals surface area (Å²) in [5.74, 6) is -0.250. The molecule has 1 N–H and O–H groups in total. The zero-order valence-electron chi connectivity index (χ0n) is 18.6. The molecular formula is C25H26N4O4S. The Morgan fingerprint density at radius 2 is 1.50 bits per heavy atom. The third-order valence-electron chi connectivity index (χ3n) is 6.42. The van der Waals surface area contributed by atoms with Crippen LogP contribution in [0.1, 0.15) is 5.56 Å². The second-order valence-corrected chi connectivity index (χ2v) is 10.6. The van der Waals surface area contributed by atoms with Crippen LogP contribution in [0.25, 0.3) is 10.8 Å². The highest BCUT2D eigenvalue weighted by atomic mass is 32.2. The molecule has 2 aliphatic heterocycles. The van der Waals surface area contributed by atoms with Gasteiger partial charge >= 0.3 is 6.03 Å². The van der Waals surface area contributed by atoms with Crippen molar-refractivity contribution < 1.29 is 18.0 Å². The summed E-state index contributed by atoms with van der Waals surface area (Å²) in [6.45, 7) is 1.62. The van der Waals surface area contributed by atoms with E-state index in [1.165, 1.54) is 9.21 Å². The average molecular weight is 479 g/mol. The smallest absolute Gasteiger partial charge is 0.325 e. The van der Waals surface area contributed by atoms with Gasteiger partial charge in [0.2, 0.25) is 10.0 Å². The number of nitrogens with zero attached hydrogens (tertiary/aromatic N) is 3.